The first-order valence-corrected chi connectivity index (χ1v) is 7.55. The van der Waals surface area contributed by atoms with Crippen LogP contribution in [-0.4, -0.2) is 29.3 Å². The van der Waals surface area contributed by atoms with Crippen molar-refractivity contribution in [2.45, 2.75) is 37.8 Å². The Morgan fingerprint density at radius 2 is 2.00 bits per heavy atom. The largest absolute Gasteiger partial charge is 0.480 e. The van der Waals surface area contributed by atoms with Gasteiger partial charge in [0.1, 0.15) is 12.1 Å². The van der Waals surface area contributed by atoms with E-state index in [-0.39, 0.29) is 13.0 Å². The molecule has 0 fully saturated rings. The molecule has 1 rings (SSSR count). The van der Waals surface area contributed by atoms with E-state index < -0.39 is 17.6 Å². The Labute approximate surface area is 136 Å². The SMILES string of the molecule is C=CC[C@](N)(CCCCNC(=O)OCc1ccccc1)C(=O)O. The fraction of sp³-hybridized carbons (Fsp3) is 0.412. The Bertz CT molecular complexity index is 519. The average molecular weight is 320 g/mol. The summed E-state index contributed by atoms with van der Waals surface area (Å²) in [4.78, 5) is 22.7. The summed E-state index contributed by atoms with van der Waals surface area (Å²) >= 11 is 0. The Kier molecular flexibility index (Phi) is 7.83. The highest BCUT2D eigenvalue weighted by Gasteiger charge is 2.31. The number of carboxylic acids is 1. The molecule has 0 unspecified atom stereocenters. The van der Waals surface area contributed by atoms with E-state index in [9.17, 15) is 9.59 Å². The molecule has 0 aliphatic carbocycles. The van der Waals surface area contributed by atoms with Gasteiger partial charge >= 0.3 is 12.1 Å². The normalized spacial score (nSPS) is 12.9. The summed E-state index contributed by atoms with van der Waals surface area (Å²) in [5.41, 5.74) is 5.46. The predicted molar refractivity (Wildman–Crippen MR) is 87.8 cm³/mol. The third kappa shape index (κ3) is 6.97. The molecule has 0 aliphatic heterocycles. The lowest BCUT2D eigenvalue weighted by Gasteiger charge is -2.22. The zero-order valence-corrected chi connectivity index (χ0v) is 13.2. The van der Waals surface area contributed by atoms with Gasteiger partial charge in [0.15, 0.2) is 0 Å². The maximum atomic E-state index is 11.5. The highest BCUT2D eigenvalue weighted by atomic mass is 16.5. The molecule has 4 N–H and O–H groups in total. The molecule has 1 atom stereocenters. The average Bonchev–Trinajstić information content (AvgIpc) is 2.53. The number of unbranched alkanes of at least 4 members (excludes halogenated alkanes) is 1. The Balaban J connectivity index is 2.17. The van der Waals surface area contributed by atoms with Crippen molar-refractivity contribution in [2.24, 2.45) is 5.73 Å². The topological polar surface area (TPSA) is 102 Å². The number of ether oxygens (including phenoxy) is 1. The first-order chi connectivity index (χ1) is 11.0. The van der Waals surface area contributed by atoms with Crippen LogP contribution in [0, 0.1) is 0 Å². The van der Waals surface area contributed by atoms with Gasteiger partial charge in [0.05, 0.1) is 0 Å². The molecule has 0 aromatic heterocycles. The Hall–Kier alpha value is -2.34. The highest BCUT2D eigenvalue weighted by Crippen LogP contribution is 2.16. The van der Waals surface area contributed by atoms with Gasteiger partial charge in [-0.15, -0.1) is 6.58 Å². The van der Waals surface area contributed by atoms with Crippen LogP contribution in [0.1, 0.15) is 31.2 Å². The van der Waals surface area contributed by atoms with E-state index in [0.29, 0.717) is 25.8 Å². The number of rotatable bonds is 10. The molecular formula is C17H24N2O4. The van der Waals surface area contributed by atoms with Crippen molar-refractivity contribution < 1.29 is 19.4 Å². The fourth-order valence-corrected chi connectivity index (χ4v) is 2.08. The summed E-state index contributed by atoms with van der Waals surface area (Å²) < 4.78 is 5.07. The van der Waals surface area contributed by atoms with Crippen LogP contribution >= 0.6 is 0 Å². The maximum absolute atomic E-state index is 11.5. The number of benzene rings is 1. The Morgan fingerprint density at radius 1 is 1.30 bits per heavy atom. The van der Waals surface area contributed by atoms with Gasteiger partial charge in [0.2, 0.25) is 0 Å². The van der Waals surface area contributed by atoms with E-state index in [1.54, 1.807) is 0 Å². The van der Waals surface area contributed by atoms with Gasteiger partial charge in [-0.25, -0.2) is 4.79 Å². The van der Waals surface area contributed by atoms with E-state index in [2.05, 4.69) is 11.9 Å². The third-order valence-corrected chi connectivity index (χ3v) is 3.47. The van der Waals surface area contributed by atoms with Gasteiger partial charge in [-0.1, -0.05) is 36.4 Å². The second-order valence-electron chi connectivity index (χ2n) is 5.40. The number of hydrogen-bond donors (Lipinski definition) is 3. The molecular weight excluding hydrogens is 296 g/mol. The number of nitrogens with one attached hydrogen (secondary N) is 1. The minimum absolute atomic E-state index is 0.217. The third-order valence-electron chi connectivity index (χ3n) is 3.47. The first kappa shape index (κ1) is 18.7. The van der Waals surface area contributed by atoms with Gasteiger partial charge in [-0.3, -0.25) is 4.79 Å². The molecule has 1 amide bonds. The minimum atomic E-state index is -1.28. The summed E-state index contributed by atoms with van der Waals surface area (Å²) in [5.74, 6) is -1.03. The Morgan fingerprint density at radius 3 is 2.61 bits per heavy atom. The molecule has 6 heteroatoms. The summed E-state index contributed by atoms with van der Waals surface area (Å²) in [6, 6.07) is 9.40. The second kappa shape index (κ2) is 9.63. The molecule has 0 spiro atoms. The number of aliphatic carboxylic acids is 1. The highest BCUT2D eigenvalue weighted by molar-refractivity contribution is 5.78. The van der Waals surface area contributed by atoms with E-state index >= 15 is 0 Å². The molecule has 6 nitrogen and oxygen atoms in total. The van der Waals surface area contributed by atoms with Crippen LogP contribution in [0.25, 0.3) is 0 Å². The van der Waals surface area contributed by atoms with Gasteiger partial charge < -0.3 is 20.9 Å². The van der Waals surface area contributed by atoms with E-state index in [0.717, 1.165) is 5.56 Å². The standard InChI is InChI=1S/C17H24N2O4/c1-2-10-17(18,15(20)21)11-6-7-12-19-16(22)23-13-14-8-4-3-5-9-14/h2-5,8-9H,1,6-7,10-13,18H2,(H,19,22)(H,20,21)/t17-/m0/s1. The lowest BCUT2D eigenvalue weighted by atomic mass is 9.90. The van der Waals surface area contributed by atoms with Crippen molar-refractivity contribution in [3.8, 4) is 0 Å². The molecule has 126 valence electrons. The number of hydrogen-bond acceptors (Lipinski definition) is 4. The fourth-order valence-electron chi connectivity index (χ4n) is 2.08. The van der Waals surface area contributed by atoms with Crippen molar-refractivity contribution in [1.82, 2.24) is 5.32 Å². The van der Waals surface area contributed by atoms with E-state index in [1.165, 1.54) is 6.08 Å². The van der Waals surface area contributed by atoms with Crippen LogP contribution in [0.15, 0.2) is 43.0 Å². The molecule has 1 aromatic rings. The van der Waals surface area contributed by atoms with E-state index in [1.807, 2.05) is 30.3 Å². The molecule has 1 aromatic carbocycles. The number of alkyl carbamates (subject to hydrolysis) is 1. The second-order valence-corrected chi connectivity index (χ2v) is 5.40. The number of carboxylic acid groups (broad SMARTS) is 1. The lowest BCUT2D eigenvalue weighted by molar-refractivity contribution is -0.143. The molecule has 0 bridgehead atoms. The van der Waals surface area contributed by atoms with Gasteiger partial charge in [0, 0.05) is 6.54 Å². The number of carbonyl (C=O) groups is 2. The quantitative estimate of drug-likeness (QED) is 0.454. The summed E-state index contributed by atoms with van der Waals surface area (Å²) in [6.07, 6.45) is 2.79. The van der Waals surface area contributed by atoms with Gasteiger partial charge in [-0.05, 0) is 31.2 Å². The predicted octanol–water partition coefficient (Wildman–Crippen LogP) is 2.44. The summed E-state index contributed by atoms with van der Waals surface area (Å²) in [7, 11) is 0. The lowest BCUT2D eigenvalue weighted by Crippen LogP contribution is -2.47. The van der Waals surface area contributed by atoms with Crippen LogP contribution in [0.3, 0.4) is 0 Å². The van der Waals surface area contributed by atoms with Gasteiger partial charge in [0.25, 0.3) is 0 Å². The van der Waals surface area contributed by atoms with Crippen LogP contribution in [-0.2, 0) is 16.1 Å². The van der Waals surface area contributed by atoms with Gasteiger partial charge in [-0.2, -0.15) is 0 Å². The number of nitrogens with two attached hydrogens (primary N) is 1. The minimum Gasteiger partial charge on any atom is -0.480 e. The molecule has 0 saturated carbocycles. The monoisotopic (exact) mass is 320 g/mol. The molecule has 0 radical (unpaired) electrons. The summed E-state index contributed by atoms with van der Waals surface area (Å²) in [5, 5.41) is 11.8. The zero-order valence-electron chi connectivity index (χ0n) is 13.2. The van der Waals surface area contributed by atoms with Crippen LogP contribution in [0.5, 0.6) is 0 Å². The molecule has 0 heterocycles. The first-order valence-electron chi connectivity index (χ1n) is 7.55. The molecule has 0 aliphatic rings. The number of carbonyl (C=O) groups excluding carboxylic acids is 1. The number of amides is 1. The summed E-state index contributed by atoms with van der Waals surface area (Å²) in [6.45, 7) is 4.16. The van der Waals surface area contributed by atoms with Crippen molar-refractivity contribution in [3.05, 3.63) is 48.6 Å². The van der Waals surface area contributed by atoms with Crippen molar-refractivity contribution >= 4 is 12.1 Å². The van der Waals surface area contributed by atoms with Crippen LogP contribution in [0.4, 0.5) is 4.79 Å². The van der Waals surface area contributed by atoms with Crippen molar-refractivity contribution in [1.29, 1.82) is 0 Å². The van der Waals surface area contributed by atoms with Crippen LogP contribution in [0.2, 0.25) is 0 Å². The zero-order chi connectivity index (χ0) is 17.1. The maximum Gasteiger partial charge on any atom is 0.407 e. The van der Waals surface area contributed by atoms with Crippen molar-refractivity contribution in [2.75, 3.05) is 6.54 Å². The van der Waals surface area contributed by atoms with E-state index in [4.69, 9.17) is 15.6 Å². The smallest absolute Gasteiger partial charge is 0.407 e. The molecule has 0 saturated heterocycles. The van der Waals surface area contributed by atoms with Crippen LogP contribution < -0.4 is 11.1 Å². The van der Waals surface area contributed by atoms with Crippen molar-refractivity contribution in [3.63, 3.8) is 0 Å². The molecule has 23 heavy (non-hydrogen) atoms.